The van der Waals surface area contributed by atoms with Gasteiger partial charge in [0, 0.05) is 6.07 Å². The van der Waals surface area contributed by atoms with E-state index in [0.717, 1.165) is 12.1 Å². The summed E-state index contributed by atoms with van der Waals surface area (Å²) < 4.78 is 1.57. The van der Waals surface area contributed by atoms with E-state index in [1.165, 1.54) is 0 Å². The van der Waals surface area contributed by atoms with E-state index < -0.39 is 6.04 Å². The number of aliphatic hydroxyl groups is 1. The second-order valence-electron chi connectivity index (χ2n) is 4.52. The minimum atomic E-state index is -0.534. The summed E-state index contributed by atoms with van der Waals surface area (Å²) in [5.41, 5.74) is 6.65. The average Bonchev–Trinajstić information content (AvgIpc) is 2.68. The predicted molar refractivity (Wildman–Crippen MR) is 70.1 cm³/mol. The van der Waals surface area contributed by atoms with Crippen LogP contribution in [0.25, 0.3) is 0 Å². The number of aryl methyl sites for hydroxylation is 1. The molecule has 0 radical (unpaired) electrons. The molecule has 0 saturated heterocycles. The van der Waals surface area contributed by atoms with Crippen molar-refractivity contribution in [3.63, 3.8) is 0 Å². The predicted octanol–water partition coefficient (Wildman–Crippen LogP) is 0.496. The standard InChI is InChI=1S/C12H22N4O2/c1-4-8(2)11(13)12(18)14-10-7-9(3)15-16(10)5-6-17/h7-8,11,17H,4-6,13H2,1-3H3,(H,14,18)/t8?,11-/m0/s1. The fraction of sp³-hybridized carbons (Fsp3) is 0.667. The van der Waals surface area contributed by atoms with Gasteiger partial charge in [-0.1, -0.05) is 20.3 Å². The van der Waals surface area contributed by atoms with Crippen LogP contribution in [0.2, 0.25) is 0 Å². The van der Waals surface area contributed by atoms with Crippen molar-refractivity contribution in [3.05, 3.63) is 11.8 Å². The third-order valence-corrected chi connectivity index (χ3v) is 3.02. The number of aromatic nitrogens is 2. The van der Waals surface area contributed by atoms with Gasteiger partial charge in [0.2, 0.25) is 5.91 Å². The molecule has 1 aromatic rings. The highest BCUT2D eigenvalue weighted by molar-refractivity contribution is 5.94. The molecule has 2 atom stereocenters. The number of nitrogens with zero attached hydrogens (tertiary/aromatic N) is 2. The first-order valence-electron chi connectivity index (χ1n) is 6.21. The highest BCUT2D eigenvalue weighted by Crippen LogP contribution is 2.12. The Labute approximate surface area is 107 Å². The lowest BCUT2D eigenvalue weighted by molar-refractivity contribution is -0.118. The number of carbonyl (C=O) groups excluding carboxylic acids is 1. The first kappa shape index (κ1) is 14.7. The Morgan fingerprint density at radius 1 is 1.67 bits per heavy atom. The quantitative estimate of drug-likeness (QED) is 0.689. The molecule has 4 N–H and O–H groups in total. The van der Waals surface area contributed by atoms with Gasteiger partial charge in [-0.15, -0.1) is 0 Å². The van der Waals surface area contributed by atoms with Gasteiger partial charge in [-0.3, -0.25) is 4.79 Å². The van der Waals surface area contributed by atoms with Crippen molar-refractivity contribution < 1.29 is 9.90 Å². The minimum absolute atomic E-state index is 0.0264. The van der Waals surface area contributed by atoms with Crippen LogP contribution >= 0.6 is 0 Å². The zero-order chi connectivity index (χ0) is 13.7. The van der Waals surface area contributed by atoms with Gasteiger partial charge >= 0.3 is 0 Å². The van der Waals surface area contributed by atoms with E-state index in [1.807, 2.05) is 20.8 Å². The molecule has 1 unspecified atom stereocenters. The number of hydrogen-bond acceptors (Lipinski definition) is 4. The van der Waals surface area contributed by atoms with Crippen LogP contribution < -0.4 is 11.1 Å². The summed E-state index contributed by atoms with van der Waals surface area (Å²) in [7, 11) is 0. The van der Waals surface area contributed by atoms with Crippen LogP contribution in [-0.4, -0.2) is 33.4 Å². The summed E-state index contributed by atoms with van der Waals surface area (Å²) in [5, 5.41) is 15.9. The van der Waals surface area contributed by atoms with E-state index >= 15 is 0 Å². The van der Waals surface area contributed by atoms with Crippen molar-refractivity contribution in [3.8, 4) is 0 Å². The molecule has 0 spiro atoms. The normalized spacial score (nSPS) is 14.3. The molecule has 0 fully saturated rings. The number of amides is 1. The van der Waals surface area contributed by atoms with E-state index in [-0.39, 0.29) is 18.4 Å². The molecule has 0 bridgehead atoms. The Morgan fingerprint density at radius 3 is 2.89 bits per heavy atom. The van der Waals surface area contributed by atoms with Crippen LogP contribution in [0.15, 0.2) is 6.07 Å². The Kier molecular flexibility index (Phi) is 5.30. The molecule has 1 aromatic heterocycles. The van der Waals surface area contributed by atoms with E-state index in [9.17, 15) is 4.79 Å². The van der Waals surface area contributed by atoms with Gasteiger partial charge in [0.05, 0.1) is 24.9 Å². The fourth-order valence-corrected chi connectivity index (χ4v) is 1.63. The molecule has 0 saturated carbocycles. The number of nitrogens with two attached hydrogens (primary N) is 1. The van der Waals surface area contributed by atoms with Crippen molar-refractivity contribution in [1.82, 2.24) is 9.78 Å². The Balaban J connectivity index is 2.74. The lowest BCUT2D eigenvalue weighted by atomic mass is 9.99. The van der Waals surface area contributed by atoms with E-state index in [2.05, 4.69) is 10.4 Å². The van der Waals surface area contributed by atoms with Crippen molar-refractivity contribution in [2.45, 2.75) is 39.8 Å². The zero-order valence-electron chi connectivity index (χ0n) is 11.2. The molecule has 0 aliphatic carbocycles. The van der Waals surface area contributed by atoms with E-state index in [0.29, 0.717) is 12.4 Å². The first-order valence-corrected chi connectivity index (χ1v) is 6.21. The van der Waals surface area contributed by atoms with Crippen molar-refractivity contribution in [1.29, 1.82) is 0 Å². The summed E-state index contributed by atoms with van der Waals surface area (Å²) in [6, 6.07) is 1.23. The van der Waals surface area contributed by atoms with E-state index in [4.69, 9.17) is 10.8 Å². The molecule has 102 valence electrons. The summed E-state index contributed by atoms with van der Waals surface area (Å²) in [6.07, 6.45) is 0.851. The van der Waals surface area contributed by atoms with Crippen LogP contribution in [-0.2, 0) is 11.3 Å². The highest BCUT2D eigenvalue weighted by atomic mass is 16.3. The molecule has 1 amide bonds. The summed E-state index contributed by atoms with van der Waals surface area (Å²) >= 11 is 0. The zero-order valence-corrected chi connectivity index (χ0v) is 11.2. The molecule has 0 aliphatic rings. The second kappa shape index (κ2) is 6.51. The van der Waals surface area contributed by atoms with E-state index in [1.54, 1.807) is 10.7 Å². The number of aliphatic hydroxyl groups excluding tert-OH is 1. The summed E-state index contributed by atoms with van der Waals surface area (Å²) in [6.45, 7) is 6.10. The minimum Gasteiger partial charge on any atom is -0.394 e. The van der Waals surface area contributed by atoms with Gasteiger partial charge in [-0.25, -0.2) is 4.68 Å². The molecule has 1 heterocycles. The van der Waals surface area contributed by atoms with Crippen molar-refractivity contribution in [2.24, 2.45) is 11.7 Å². The van der Waals surface area contributed by atoms with Gasteiger partial charge in [0.25, 0.3) is 0 Å². The third kappa shape index (κ3) is 3.54. The van der Waals surface area contributed by atoms with Crippen LogP contribution in [0.1, 0.15) is 26.0 Å². The maximum absolute atomic E-state index is 11.9. The molecular formula is C12H22N4O2. The molecule has 0 aliphatic heterocycles. The number of anilines is 1. The average molecular weight is 254 g/mol. The van der Waals surface area contributed by atoms with Gasteiger partial charge in [-0.2, -0.15) is 5.10 Å². The van der Waals surface area contributed by atoms with Gasteiger partial charge in [-0.05, 0) is 12.8 Å². The molecule has 18 heavy (non-hydrogen) atoms. The summed E-state index contributed by atoms with van der Waals surface area (Å²) in [5.74, 6) is 0.481. The SMILES string of the molecule is CCC(C)[C@H](N)C(=O)Nc1cc(C)nn1CCO. The van der Waals surface area contributed by atoms with Crippen molar-refractivity contribution in [2.75, 3.05) is 11.9 Å². The first-order chi connectivity index (χ1) is 8.49. The van der Waals surface area contributed by atoms with Gasteiger partial charge in [0.15, 0.2) is 0 Å². The third-order valence-electron chi connectivity index (χ3n) is 3.02. The smallest absolute Gasteiger partial charge is 0.242 e. The maximum atomic E-state index is 11.9. The lowest BCUT2D eigenvalue weighted by Gasteiger charge is -2.17. The largest absolute Gasteiger partial charge is 0.394 e. The molecule has 6 nitrogen and oxygen atoms in total. The van der Waals surface area contributed by atoms with Crippen molar-refractivity contribution >= 4 is 11.7 Å². The van der Waals surface area contributed by atoms with Gasteiger partial charge < -0.3 is 16.2 Å². The maximum Gasteiger partial charge on any atom is 0.242 e. The number of carbonyl (C=O) groups is 1. The second-order valence-corrected chi connectivity index (χ2v) is 4.52. The highest BCUT2D eigenvalue weighted by Gasteiger charge is 2.20. The fourth-order valence-electron chi connectivity index (χ4n) is 1.63. The topological polar surface area (TPSA) is 93.2 Å². The van der Waals surface area contributed by atoms with Crippen LogP contribution in [0.4, 0.5) is 5.82 Å². The van der Waals surface area contributed by atoms with Crippen LogP contribution in [0.3, 0.4) is 0 Å². The molecular weight excluding hydrogens is 232 g/mol. The Bertz CT molecular complexity index is 403. The molecule has 1 rings (SSSR count). The summed E-state index contributed by atoms with van der Waals surface area (Å²) in [4.78, 5) is 11.9. The van der Waals surface area contributed by atoms with Crippen LogP contribution in [0.5, 0.6) is 0 Å². The van der Waals surface area contributed by atoms with Gasteiger partial charge in [0.1, 0.15) is 5.82 Å². The monoisotopic (exact) mass is 254 g/mol. The van der Waals surface area contributed by atoms with Crippen LogP contribution in [0, 0.1) is 12.8 Å². The Hall–Kier alpha value is -1.40. The number of nitrogens with one attached hydrogen (secondary N) is 1. The number of rotatable bonds is 6. The molecule has 6 heteroatoms. The number of hydrogen-bond donors (Lipinski definition) is 3. The lowest BCUT2D eigenvalue weighted by Crippen LogP contribution is -2.41. The Morgan fingerprint density at radius 2 is 2.33 bits per heavy atom. The molecule has 0 aromatic carbocycles.